The Kier molecular flexibility index (Phi) is 7.85. The molecule has 5 rings (SSSR count). The third-order valence-corrected chi connectivity index (χ3v) is 9.49. The molecule has 11 heteroatoms. The lowest BCUT2D eigenvalue weighted by molar-refractivity contribution is -0.147. The van der Waals surface area contributed by atoms with E-state index in [4.69, 9.17) is 10.1 Å². The molecule has 0 aromatic carbocycles. The van der Waals surface area contributed by atoms with Gasteiger partial charge in [0.15, 0.2) is 5.65 Å². The average Bonchev–Trinajstić information content (AvgIpc) is 3.35. The monoisotopic (exact) mass is 587 g/mol. The van der Waals surface area contributed by atoms with Gasteiger partial charge in [-0.05, 0) is 63.9 Å². The summed E-state index contributed by atoms with van der Waals surface area (Å²) in [5.41, 5.74) is 1.57. The lowest BCUT2D eigenvalue weighted by atomic mass is 9.81. The minimum absolute atomic E-state index is 0.0405. The molecule has 1 aliphatic heterocycles. The van der Waals surface area contributed by atoms with Crippen molar-refractivity contribution in [3.63, 3.8) is 0 Å². The molecule has 2 aromatic heterocycles. The summed E-state index contributed by atoms with van der Waals surface area (Å²) in [4.78, 5) is 46.8. The zero-order chi connectivity index (χ0) is 30.6. The Balaban J connectivity index is 1.34. The van der Waals surface area contributed by atoms with E-state index < -0.39 is 17.4 Å². The topological polar surface area (TPSA) is 108 Å². The number of aliphatic carboxylic acids is 1. The molecule has 2 aliphatic carbocycles. The molecule has 2 aromatic rings. The molecule has 0 radical (unpaired) electrons. The summed E-state index contributed by atoms with van der Waals surface area (Å²) in [6.45, 7) is 11.2. The zero-order valence-electron chi connectivity index (χ0n) is 25.3. The first-order valence-corrected chi connectivity index (χ1v) is 15.2. The van der Waals surface area contributed by atoms with E-state index >= 15 is 0 Å². The van der Waals surface area contributed by atoms with Crippen LogP contribution in [0.15, 0.2) is 12.3 Å². The van der Waals surface area contributed by atoms with Crippen LogP contribution in [-0.4, -0.2) is 78.4 Å². The number of hydrogen-bond acceptors (Lipinski definition) is 5. The second-order valence-electron chi connectivity index (χ2n) is 14.2. The lowest BCUT2D eigenvalue weighted by Gasteiger charge is -2.47. The lowest BCUT2D eigenvalue weighted by Crippen LogP contribution is -2.62. The summed E-state index contributed by atoms with van der Waals surface area (Å²) in [5, 5.41) is 14.0. The van der Waals surface area contributed by atoms with Crippen LogP contribution < -0.4 is 0 Å². The van der Waals surface area contributed by atoms with Crippen molar-refractivity contribution < 1.29 is 28.3 Å². The first-order valence-electron chi connectivity index (χ1n) is 15.2. The fourth-order valence-electron chi connectivity index (χ4n) is 6.89. The van der Waals surface area contributed by atoms with Crippen molar-refractivity contribution in [3.05, 3.63) is 29.2 Å². The number of carbonyl (C=O) groups excluding carboxylic acids is 2. The number of hydrogen-bond donors (Lipinski definition) is 1. The quantitative estimate of drug-likeness (QED) is 0.522. The van der Waals surface area contributed by atoms with Crippen LogP contribution in [0.4, 0.5) is 8.78 Å². The van der Waals surface area contributed by atoms with Gasteiger partial charge in [0.05, 0.1) is 23.3 Å². The summed E-state index contributed by atoms with van der Waals surface area (Å²) in [6, 6.07) is 1.98. The van der Waals surface area contributed by atoms with E-state index in [2.05, 4.69) is 20.8 Å². The maximum atomic E-state index is 13.9. The van der Waals surface area contributed by atoms with Gasteiger partial charge in [-0.3, -0.25) is 14.4 Å². The molecular formula is C31H43F2N5O4. The number of piperazine rings is 1. The molecule has 1 N–H and O–H groups in total. The van der Waals surface area contributed by atoms with Crippen LogP contribution >= 0.6 is 0 Å². The molecule has 0 atom stereocenters. The van der Waals surface area contributed by atoms with Crippen LogP contribution in [0, 0.1) is 11.8 Å². The van der Waals surface area contributed by atoms with E-state index in [1.807, 2.05) is 24.8 Å². The Hall–Kier alpha value is -3.11. The van der Waals surface area contributed by atoms with E-state index in [9.17, 15) is 28.3 Å². The van der Waals surface area contributed by atoms with E-state index in [-0.39, 0.29) is 53.5 Å². The fourth-order valence-corrected chi connectivity index (χ4v) is 6.89. The van der Waals surface area contributed by atoms with Gasteiger partial charge < -0.3 is 14.9 Å². The molecule has 42 heavy (non-hydrogen) atoms. The largest absolute Gasteiger partial charge is 0.481 e. The molecule has 9 nitrogen and oxygen atoms in total. The number of imidazole rings is 1. The SMILES string of the molecule is CC(C)(C)c1cc(C2CCC(F)(F)CC2)nn2cc(C(=O)N3CCN(C(=O)C4CCC(C(=O)O)CC4)CC3(C)C)nc12. The van der Waals surface area contributed by atoms with Gasteiger partial charge in [-0.1, -0.05) is 20.8 Å². The molecule has 2 saturated carbocycles. The van der Waals surface area contributed by atoms with Gasteiger partial charge in [0, 0.05) is 49.9 Å². The molecule has 0 bridgehead atoms. The third-order valence-electron chi connectivity index (χ3n) is 9.49. The normalized spacial score (nSPS) is 25.0. The fraction of sp³-hybridized carbons (Fsp3) is 0.710. The van der Waals surface area contributed by atoms with Crippen LogP contribution in [-0.2, 0) is 15.0 Å². The van der Waals surface area contributed by atoms with Gasteiger partial charge in [-0.15, -0.1) is 0 Å². The number of rotatable bonds is 4. The van der Waals surface area contributed by atoms with Crippen molar-refractivity contribution in [2.75, 3.05) is 19.6 Å². The number of carbonyl (C=O) groups is 3. The van der Waals surface area contributed by atoms with Gasteiger partial charge in [0.2, 0.25) is 11.8 Å². The van der Waals surface area contributed by atoms with Crippen LogP contribution in [0.1, 0.15) is 114 Å². The van der Waals surface area contributed by atoms with E-state index in [1.54, 1.807) is 15.6 Å². The molecule has 3 aliphatic rings. The Morgan fingerprint density at radius 1 is 0.976 bits per heavy atom. The predicted molar refractivity (Wildman–Crippen MR) is 153 cm³/mol. The van der Waals surface area contributed by atoms with Crippen LogP contribution in [0.3, 0.4) is 0 Å². The minimum Gasteiger partial charge on any atom is -0.481 e. The minimum atomic E-state index is -2.62. The highest BCUT2D eigenvalue weighted by atomic mass is 19.3. The first kappa shape index (κ1) is 30.4. The third kappa shape index (κ3) is 6.01. The maximum Gasteiger partial charge on any atom is 0.306 e. The number of halogens is 2. The number of fused-ring (bicyclic) bond motifs is 1. The van der Waals surface area contributed by atoms with Gasteiger partial charge in [0.1, 0.15) is 5.69 Å². The Labute approximate surface area is 245 Å². The summed E-state index contributed by atoms with van der Waals surface area (Å²) >= 11 is 0. The number of carboxylic acids is 1. The molecule has 3 fully saturated rings. The van der Waals surface area contributed by atoms with Gasteiger partial charge >= 0.3 is 5.97 Å². The van der Waals surface area contributed by atoms with Crippen LogP contribution in [0.5, 0.6) is 0 Å². The van der Waals surface area contributed by atoms with Crippen molar-refractivity contribution >= 4 is 23.4 Å². The molecule has 0 unspecified atom stereocenters. The van der Waals surface area contributed by atoms with Gasteiger partial charge in [-0.25, -0.2) is 18.3 Å². The average molecular weight is 588 g/mol. The first-order chi connectivity index (χ1) is 19.6. The van der Waals surface area contributed by atoms with Crippen LogP contribution in [0.2, 0.25) is 0 Å². The van der Waals surface area contributed by atoms with Crippen molar-refractivity contribution in [3.8, 4) is 0 Å². The van der Waals surface area contributed by atoms with E-state index in [0.717, 1.165) is 11.3 Å². The number of aromatic nitrogens is 3. The number of carboxylic acid groups (broad SMARTS) is 1. The molecular weight excluding hydrogens is 544 g/mol. The number of nitrogens with zero attached hydrogens (tertiary/aromatic N) is 5. The summed E-state index contributed by atoms with van der Waals surface area (Å²) < 4.78 is 29.3. The Morgan fingerprint density at radius 3 is 2.17 bits per heavy atom. The summed E-state index contributed by atoms with van der Waals surface area (Å²) in [6.07, 6.45) is 4.26. The number of alkyl halides is 2. The highest BCUT2D eigenvalue weighted by Crippen LogP contribution is 2.41. The van der Waals surface area contributed by atoms with E-state index in [0.29, 0.717) is 63.8 Å². The highest BCUT2D eigenvalue weighted by Gasteiger charge is 2.42. The highest BCUT2D eigenvalue weighted by molar-refractivity contribution is 5.94. The Bertz CT molecular complexity index is 1360. The zero-order valence-corrected chi connectivity index (χ0v) is 25.3. The molecule has 230 valence electrons. The second-order valence-corrected chi connectivity index (χ2v) is 14.2. The Morgan fingerprint density at radius 2 is 1.60 bits per heavy atom. The summed E-state index contributed by atoms with van der Waals surface area (Å²) in [5.74, 6) is -4.23. The van der Waals surface area contributed by atoms with Crippen molar-refractivity contribution in [2.45, 2.75) is 109 Å². The summed E-state index contributed by atoms with van der Waals surface area (Å²) in [7, 11) is 0. The van der Waals surface area contributed by atoms with Crippen LogP contribution in [0.25, 0.3) is 5.65 Å². The molecule has 2 amide bonds. The molecule has 1 saturated heterocycles. The number of amides is 2. The van der Waals surface area contributed by atoms with Gasteiger partial charge in [-0.2, -0.15) is 5.10 Å². The van der Waals surface area contributed by atoms with Crippen molar-refractivity contribution in [1.82, 2.24) is 24.4 Å². The van der Waals surface area contributed by atoms with Crippen molar-refractivity contribution in [2.24, 2.45) is 11.8 Å². The van der Waals surface area contributed by atoms with Crippen molar-refractivity contribution in [1.29, 1.82) is 0 Å². The standard InChI is InChI=1S/C31H43F2N5O4/c1-29(2,3)22-16-23(19-10-12-31(32,33)13-11-19)35-38-17-24(34-25(22)38)27(40)37-15-14-36(18-30(37,4)5)26(39)20-6-8-21(9-7-20)28(41)42/h16-17,19-21H,6-15,18H2,1-5H3,(H,41,42). The maximum absolute atomic E-state index is 13.9. The predicted octanol–water partition coefficient (Wildman–Crippen LogP) is 5.27. The van der Waals surface area contributed by atoms with E-state index in [1.165, 1.54) is 0 Å². The second kappa shape index (κ2) is 10.9. The smallest absolute Gasteiger partial charge is 0.306 e. The van der Waals surface area contributed by atoms with Gasteiger partial charge in [0.25, 0.3) is 5.91 Å². The molecule has 0 spiro atoms. The molecule has 3 heterocycles.